The molecule has 1 rings (SSSR count). The van der Waals surface area contributed by atoms with Gasteiger partial charge in [0.25, 0.3) is 0 Å². The van der Waals surface area contributed by atoms with Gasteiger partial charge in [-0.05, 0) is 23.8 Å². The zero-order chi connectivity index (χ0) is 14.8. The summed E-state index contributed by atoms with van der Waals surface area (Å²) in [6.07, 6.45) is 2.90. The number of hydrogen-bond donors (Lipinski definition) is 2. The maximum absolute atomic E-state index is 11.4. The lowest BCUT2D eigenvalue weighted by molar-refractivity contribution is -0.136. The number of carboxylic acids is 1. The van der Waals surface area contributed by atoms with Crippen molar-refractivity contribution in [2.45, 2.75) is 6.42 Å². The third-order valence-electron chi connectivity index (χ3n) is 2.29. The van der Waals surface area contributed by atoms with Crippen LogP contribution in [0.1, 0.15) is 12.0 Å². The molecule has 6 nitrogen and oxygen atoms in total. The van der Waals surface area contributed by atoms with Crippen molar-refractivity contribution < 1.29 is 24.2 Å². The number of amides is 1. The summed E-state index contributed by atoms with van der Waals surface area (Å²) in [6.45, 7) is 0.295. The van der Waals surface area contributed by atoms with E-state index in [0.29, 0.717) is 5.75 Å². The molecule has 0 fully saturated rings. The average Bonchev–Trinajstić information content (AvgIpc) is 2.43. The molecule has 20 heavy (non-hydrogen) atoms. The molecule has 0 bridgehead atoms. The van der Waals surface area contributed by atoms with E-state index in [4.69, 9.17) is 14.6 Å². The molecule has 0 atom stereocenters. The zero-order valence-corrected chi connectivity index (χ0v) is 11.2. The number of hydrogen-bond acceptors (Lipinski definition) is 4. The van der Waals surface area contributed by atoms with Gasteiger partial charge in [0.2, 0.25) is 5.91 Å². The monoisotopic (exact) mass is 279 g/mol. The van der Waals surface area contributed by atoms with E-state index in [0.717, 1.165) is 5.56 Å². The number of carboxylic acid groups (broad SMARTS) is 1. The number of nitrogens with one attached hydrogen (secondary N) is 1. The minimum absolute atomic E-state index is 0.0921. The third kappa shape index (κ3) is 6.55. The van der Waals surface area contributed by atoms with E-state index in [-0.39, 0.29) is 25.7 Å². The van der Waals surface area contributed by atoms with Crippen molar-refractivity contribution >= 4 is 18.0 Å². The first kappa shape index (κ1) is 15.7. The van der Waals surface area contributed by atoms with E-state index in [2.05, 4.69) is 5.32 Å². The van der Waals surface area contributed by atoms with Crippen molar-refractivity contribution in [2.24, 2.45) is 0 Å². The summed E-state index contributed by atoms with van der Waals surface area (Å²) in [4.78, 5) is 21.7. The van der Waals surface area contributed by atoms with Crippen LogP contribution >= 0.6 is 0 Å². The average molecular weight is 279 g/mol. The summed E-state index contributed by atoms with van der Waals surface area (Å²) in [5.74, 6) is -0.596. The third-order valence-corrected chi connectivity index (χ3v) is 2.29. The maximum atomic E-state index is 11.4. The lowest BCUT2D eigenvalue weighted by Gasteiger charge is -2.04. The molecule has 0 aromatic heterocycles. The number of methoxy groups -OCH3 is 1. The van der Waals surface area contributed by atoms with Crippen LogP contribution in [0, 0.1) is 0 Å². The number of ether oxygens (including phenoxy) is 2. The van der Waals surface area contributed by atoms with E-state index in [1.54, 1.807) is 37.5 Å². The summed E-state index contributed by atoms with van der Waals surface area (Å²) >= 11 is 0. The molecule has 1 aromatic rings. The van der Waals surface area contributed by atoms with Crippen molar-refractivity contribution in [2.75, 3.05) is 20.4 Å². The second kappa shape index (κ2) is 8.71. The Hall–Kier alpha value is -2.34. The standard InChI is InChI=1S/C14H17NO5/c1-19-10-20-12-5-2-11(3-6-12)4-7-13(16)15-9-8-14(17)18/h2-7H,8-10H2,1H3,(H,15,16)(H,17,18)/b7-4+. The quantitative estimate of drug-likeness (QED) is 0.553. The smallest absolute Gasteiger partial charge is 0.305 e. The highest BCUT2D eigenvalue weighted by Gasteiger charge is 1.99. The number of carbonyl (C=O) groups is 2. The second-order valence-corrected chi connectivity index (χ2v) is 3.89. The van der Waals surface area contributed by atoms with Gasteiger partial charge in [-0.2, -0.15) is 0 Å². The molecule has 0 aliphatic rings. The molecule has 108 valence electrons. The lowest BCUT2D eigenvalue weighted by Crippen LogP contribution is -2.23. The topological polar surface area (TPSA) is 84.9 Å². The number of rotatable bonds is 8. The fourth-order valence-corrected chi connectivity index (χ4v) is 1.33. The Balaban J connectivity index is 2.41. The molecule has 2 N–H and O–H groups in total. The molecule has 0 saturated carbocycles. The molecule has 0 radical (unpaired) electrons. The van der Waals surface area contributed by atoms with Crippen LogP contribution in [-0.4, -0.2) is 37.4 Å². The second-order valence-electron chi connectivity index (χ2n) is 3.89. The van der Waals surface area contributed by atoms with Crippen LogP contribution < -0.4 is 10.1 Å². The molecular formula is C14H17NO5. The number of aliphatic carboxylic acids is 1. The summed E-state index contributed by atoms with van der Waals surface area (Å²) in [5, 5.41) is 10.9. The van der Waals surface area contributed by atoms with Crippen LogP contribution in [0.2, 0.25) is 0 Å². The van der Waals surface area contributed by atoms with E-state index < -0.39 is 5.97 Å². The summed E-state index contributed by atoms with van der Waals surface area (Å²) in [6, 6.07) is 7.13. The van der Waals surface area contributed by atoms with Gasteiger partial charge in [0.05, 0.1) is 6.42 Å². The minimum atomic E-state index is -0.944. The van der Waals surface area contributed by atoms with Crippen molar-refractivity contribution in [1.29, 1.82) is 0 Å². The SMILES string of the molecule is COCOc1ccc(/C=C/C(=O)NCCC(=O)O)cc1. The summed E-state index contributed by atoms with van der Waals surface area (Å²) in [5.41, 5.74) is 0.836. The van der Waals surface area contributed by atoms with E-state index in [1.807, 2.05) is 0 Å². The Kier molecular flexibility index (Phi) is 6.84. The van der Waals surface area contributed by atoms with Gasteiger partial charge in [0.1, 0.15) is 5.75 Å². The Morgan fingerprint density at radius 2 is 2.00 bits per heavy atom. The first-order chi connectivity index (χ1) is 9.61. The van der Waals surface area contributed by atoms with Crippen LogP contribution in [0.25, 0.3) is 6.08 Å². The Bertz CT molecular complexity index is 467. The van der Waals surface area contributed by atoms with Crippen LogP contribution in [0.4, 0.5) is 0 Å². The molecule has 1 aromatic carbocycles. The summed E-state index contributed by atoms with van der Waals surface area (Å²) < 4.78 is 10.0. The first-order valence-electron chi connectivity index (χ1n) is 6.01. The van der Waals surface area contributed by atoms with Gasteiger partial charge in [0.15, 0.2) is 6.79 Å². The highest BCUT2D eigenvalue weighted by Crippen LogP contribution is 2.13. The Morgan fingerprint density at radius 1 is 1.30 bits per heavy atom. The number of benzene rings is 1. The predicted molar refractivity (Wildman–Crippen MR) is 73.2 cm³/mol. The number of carbonyl (C=O) groups excluding carboxylic acids is 1. The van der Waals surface area contributed by atoms with E-state index in [1.165, 1.54) is 6.08 Å². The van der Waals surface area contributed by atoms with Crippen molar-refractivity contribution in [1.82, 2.24) is 5.32 Å². The molecule has 0 aliphatic heterocycles. The Morgan fingerprint density at radius 3 is 2.60 bits per heavy atom. The van der Waals surface area contributed by atoms with Gasteiger partial charge in [0, 0.05) is 19.7 Å². The molecule has 0 aliphatic carbocycles. The van der Waals surface area contributed by atoms with Gasteiger partial charge in [-0.3, -0.25) is 9.59 Å². The van der Waals surface area contributed by atoms with Crippen molar-refractivity contribution in [3.05, 3.63) is 35.9 Å². The molecule has 0 heterocycles. The van der Waals surface area contributed by atoms with Crippen LogP contribution in [0.5, 0.6) is 5.75 Å². The highest BCUT2D eigenvalue weighted by atomic mass is 16.7. The lowest BCUT2D eigenvalue weighted by atomic mass is 10.2. The van der Waals surface area contributed by atoms with Gasteiger partial charge in [-0.1, -0.05) is 12.1 Å². The fourth-order valence-electron chi connectivity index (χ4n) is 1.33. The molecule has 0 saturated heterocycles. The van der Waals surface area contributed by atoms with Crippen LogP contribution in [0.3, 0.4) is 0 Å². The fraction of sp³-hybridized carbons (Fsp3) is 0.286. The maximum Gasteiger partial charge on any atom is 0.305 e. The zero-order valence-electron chi connectivity index (χ0n) is 11.2. The summed E-state index contributed by atoms with van der Waals surface area (Å²) in [7, 11) is 1.54. The molecule has 1 amide bonds. The van der Waals surface area contributed by atoms with Gasteiger partial charge < -0.3 is 19.9 Å². The van der Waals surface area contributed by atoms with Crippen molar-refractivity contribution in [3.8, 4) is 5.75 Å². The largest absolute Gasteiger partial charge is 0.481 e. The molecular weight excluding hydrogens is 262 g/mol. The van der Waals surface area contributed by atoms with Gasteiger partial charge in [-0.15, -0.1) is 0 Å². The van der Waals surface area contributed by atoms with E-state index >= 15 is 0 Å². The van der Waals surface area contributed by atoms with Crippen LogP contribution in [0.15, 0.2) is 30.3 Å². The normalized spacial score (nSPS) is 10.4. The minimum Gasteiger partial charge on any atom is -0.481 e. The van der Waals surface area contributed by atoms with E-state index in [9.17, 15) is 9.59 Å². The first-order valence-corrected chi connectivity index (χ1v) is 6.01. The molecule has 6 heteroatoms. The van der Waals surface area contributed by atoms with Crippen molar-refractivity contribution in [3.63, 3.8) is 0 Å². The molecule has 0 spiro atoms. The molecule has 0 unspecified atom stereocenters. The highest BCUT2D eigenvalue weighted by molar-refractivity contribution is 5.91. The predicted octanol–water partition coefficient (Wildman–Crippen LogP) is 1.27. The van der Waals surface area contributed by atoms with Crippen LogP contribution in [-0.2, 0) is 14.3 Å². The Labute approximate surface area is 117 Å². The van der Waals surface area contributed by atoms with Gasteiger partial charge in [-0.25, -0.2) is 0 Å². The van der Waals surface area contributed by atoms with Gasteiger partial charge >= 0.3 is 5.97 Å².